The molecule has 2 rings (SSSR count). The van der Waals surface area contributed by atoms with Crippen molar-refractivity contribution in [1.29, 1.82) is 0 Å². The molecule has 0 unspecified atom stereocenters. The van der Waals surface area contributed by atoms with E-state index in [0.717, 1.165) is 17.2 Å². The van der Waals surface area contributed by atoms with Crippen LogP contribution in [0.25, 0.3) is 0 Å². The average molecular weight is 280 g/mol. The highest BCUT2D eigenvalue weighted by Crippen LogP contribution is 2.29. The first kappa shape index (κ1) is 14.5. The molecule has 0 spiro atoms. The molecule has 0 saturated heterocycles. The van der Waals surface area contributed by atoms with Crippen LogP contribution < -0.4 is 5.32 Å². The van der Waals surface area contributed by atoms with Gasteiger partial charge in [0.1, 0.15) is 0 Å². The number of halogens is 3. The minimum Gasteiger partial charge on any atom is -0.309 e. The second-order valence-electron chi connectivity index (χ2n) is 4.67. The summed E-state index contributed by atoms with van der Waals surface area (Å²) in [5.41, 5.74) is 2.06. The minimum absolute atomic E-state index is 0.387. The zero-order valence-corrected chi connectivity index (χ0v) is 11.0. The van der Waals surface area contributed by atoms with Gasteiger partial charge in [-0.15, -0.1) is 0 Å². The smallest absolute Gasteiger partial charge is 0.309 e. The average Bonchev–Trinajstić information content (AvgIpc) is 2.38. The zero-order valence-electron chi connectivity index (χ0n) is 11.0. The van der Waals surface area contributed by atoms with Crippen molar-refractivity contribution in [2.45, 2.75) is 26.2 Å². The van der Waals surface area contributed by atoms with Gasteiger partial charge in [0.15, 0.2) is 0 Å². The van der Waals surface area contributed by atoms with E-state index in [2.05, 4.69) is 10.3 Å². The fourth-order valence-electron chi connectivity index (χ4n) is 1.92. The van der Waals surface area contributed by atoms with Gasteiger partial charge in [0, 0.05) is 25.5 Å². The topological polar surface area (TPSA) is 24.9 Å². The molecule has 1 heterocycles. The van der Waals surface area contributed by atoms with E-state index in [1.807, 2.05) is 13.0 Å². The maximum Gasteiger partial charge on any atom is 0.416 e. The minimum atomic E-state index is -4.30. The highest BCUT2D eigenvalue weighted by molar-refractivity contribution is 5.25. The van der Waals surface area contributed by atoms with Crippen molar-refractivity contribution >= 4 is 0 Å². The van der Waals surface area contributed by atoms with Crippen LogP contribution in [0.4, 0.5) is 13.2 Å². The number of hydrogen-bond acceptors (Lipinski definition) is 2. The molecule has 0 aliphatic heterocycles. The summed E-state index contributed by atoms with van der Waals surface area (Å²) in [6.07, 6.45) is -0.793. The molecule has 5 heteroatoms. The lowest BCUT2D eigenvalue weighted by atomic mass is 10.1. The van der Waals surface area contributed by atoms with Crippen LogP contribution in [0, 0.1) is 6.92 Å². The van der Waals surface area contributed by atoms with E-state index >= 15 is 0 Å². The number of aryl methyl sites for hydroxylation is 1. The molecule has 0 saturated carbocycles. The van der Waals surface area contributed by atoms with Crippen LogP contribution in [0.2, 0.25) is 0 Å². The molecular formula is C15H15F3N2. The van der Waals surface area contributed by atoms with Gasteiger partial charge >= 0.3 is 6.18 Å². The van der Waals surface area contributed by atoms with Crippen LogP contribution in [-0.2, 0) is 19.3 Å². The van der Waals surface area contributed by atoms with E-state index in [1.165, 1.54) is 12.1 Å². The molecule has 0 aliphatic rings. The van der Waals surface area contributed by atoms with E-state index < -0.39 is 11.7 Å². The van der Waals surface area contributed by atoms with Gasteiger partial charge in [-0.2, -0.15) is 13.2 Å². The van der Waals surface area contributed by atoms with E-state index in [0.29, 0.717) is 18.7 Å². The van der Waals surface area contributed by atoms with Crippen molar-refractivity contribution < 1.29 is 13.2 Å². The molecule has 106 valence electrons. The highest BCUT2D eigenvalue weighted by atomic mass is 19.4. The maximum atomic E-state index is 12.6. The normalized spacial score (nSPS) is 11.6. The van der Waals surface area contributed by atoms with Gasteiger partial charge in [-0.05, 0) is 29.7 Å². The number of pyridine rings is 1. The van der Waals surface area contributed by atoms with E-state index in [-0.39, 0.29) is 0 Å². The first-order valence-electron chi connectivity index (χ1n) is 6.22. The van der Waals surface area contributed by atoms with E-state index in [4.69, 9.17) is 0 Å². The Kier molecular flexibility index (Phi) is 4.39. The van der Waals surface area contributed by atoms with Crippen LogP contribution in [0.3, 0.4) is 0 Å². The van der Waals surface area contributed by atoms with Crippen molar-refractivity contribution in [2.75, 3.05) is 0 Å². The standard InChI is InChI=1S/C15H15F3N2/c1-11-5-13(9-19-7-11)10-20-8-12-3-2-4-14(6-12)15(16,17)18/h2-7,9,20H,8,10H2,1H3. The predicted molar refractivity (Wildman–Crippen MR) is 71.0 cm³/mol. The molecule has 1 aromatic carbocycles. The van der Waals surface area contributed by atoms with Gasteiger partial charge in [0.25, 0.3) is 0 Å². The summed E-state index contributed by atoms with van der Waals surface area (Å²) in [5, 5.41) is 3.12. The van der Waals surface area contributed by atoms with Crippen molar-refractivity contribution in [2.24, 2.45) is 0 Å². The van der Waals surface area contributed by atoms with Crippen LogP contribution in [-0.4, -0.2) is 4.98 Å². The molecule has 0 fully saturated rings. The predicted octanol–water partition coefficient (Wildman–Crippen LogP) is 3.70. The van der Waals surface area contributed by atoms with Gasteiger partial charge in [0.2, 0.25) is 0 Å². The van der Waals surface area contributed by atoms with Crippen LogP contribution in [0.5, 0.6) is 0 Å². The number of hydrogen-bond donors (Lipinski definition) is 1. The number of alkyl halides is 3. The first-order valence-corrected chi connectivity index (χ1v) is 6.22. The van der Waals surface area contributed by atoms with Crippen LogP contribution in [0.1, 0.15) is 22.3 Å². The summed E-state index contributed by atoms with van der Waals surface area (Å²) in [7, 11) is 0. The number of nitrogens with one attached hydrogen (secondary N) is 1. The molecule has 0 atom stereocenters. The third kappa shape index (κ3) is 4.06. The molecule has 0 aliphatic carbocycles. The summed E-state index contributed by atoms with van der Waals surface area (Å²) in [5.74, 6) is 0. The molecule has 20 heavy (non-hydrogen) atoms. The summed E-state index contributed by atoms with van der Waals surface area (Å²) < 4.78 is 37.7. The fraction of sp³-hybridized carbons (Fsp3) is 0.267. The molecule has 2 nitrogen and oxygen atoms in total. The Morgan fingerprint density at radius 1 is 1.05 bits per heavy atom. The Hall–Kier alpha value is -1.88. The Balaban J connectivity index is 1.94. The fourth-order valence-corrected chi connectivity index (χ4v) is 1.92. The maximum absolute atomic E-state index is 12.6. The summed E-state index contributed by atoms with van der Waals surface area (Å²) in [6, 6.07) is 7.34. The second-order valence-corrected chi connectivity index (χ2v) is 4.67. The Morgan fingerprint density at radius 3 is 2.50 bits per heavy atom. The lowest BCUT2D eigenvalue weighted by Crippen LogP contribution is -2.14. The molecular weight excluding hydrogens is 265 g/mol. The zero-order chi connectivity index (χ0) is 14.6. The molecule has 2 aromatic rings. The third-order valence-electron chi connectivity index (χ3n) is 2.84. The van der Waals surface area contributed by atoms with E-state index in [1.54, 1.807) is 18.5 Å². The van der Waals surface area contributed by atoms with Crippen molar-refractivity contribution in [3.63, 3.8) is 0 Å². The Labute approximate surface area is 115 Å². The van der Waals surface area contributed by atoms with Gasteiger partial charge in [0.05, 0.1) is 5.56 Å². The second kappa shape index (κ2) is 6.05. The van der Waals surface area contributed by atoms with Crippen LogP contribution in [0.15, 0.2) is 42.7 Å². The van der Waals surface area contributed by atoms with Gasteiger partial charge < -0.3 is 5.32 Å². The monoisotopic (exact) mass is 280 g/mol. The number of nitrogens with zero attached hydrogens (tertiary/aromatic N) is 1. The summed E-state index contributed by atoms with van der Waals surface area (Å²) in [6.45, 7) is 2.91. The molecule has 1 aromatic heterocycles. The van der Waals surface area contributed by atoms with Gasteiger partial charge in [-0.25, -0.2) is 0 Å². The SMILES string of the molecule is Cc1cncc(CNCc2cccc(C(F)(F)F)c2)c1. The van der Waals surface area contributed by atoms with Crippen LogP contribution >= 0.6 is 0 Å². The molecule has 0 radical (unpaired) electrons. The summed E-state index contributed by atoms with van der Waals surface area (Å²) in [4.78, 5) is 4.07. The van der Waals surface area contributed by atoms with Gasteiger partial charge in [-0.3, -0.25) is 4.98 Å². The van der Waals surface area contributed by atoms with E-state index in [9.17, 15) is 13.2 Å². The molecule has 0 amide bonds. The number of aromatic nitrogens is 1. The quantitative estimate of drug-likeness (QED) is 0.923. The highest BCUT2D eigenvalue weighted by Gasteiger charge is 2.30. The van der Waals surface area contributed by atoms with Crippen molar-refractivity contribution in [3.05, 3.63) is 65.0 Å². The molecule has 0 bridgehead atoms. The molecule has 1 N–H and O–H groups in total. The third-order valence-corrected chi connectivity index (χ3v) is 2.84. The lowest BCUT2D eigenvalue weighted by Gasteiger charge is -2.09. The van der Waals surface area contributed by atoms with Crippen molar-refractivity contribution in [1.82, 2.24) is 10.3 Å². The van der Waals surface area contributed by atoms with Gasteiger partial charge in [-0.1, -0.05) is 24.3 Å². The lowest BCUT2D eigenvalue weighted by molar-refractivity contribution is -0.137. The summed E-state index contributed by atoms with van der Waals surface area (Å²) >= 11 is 0. The largest absolute Gasteiger partial charge is 0.416 e. The number of rotatable bonds is 4. The Bertz CT molecular complexity index is 579. The first-order chi connectivity index (χ1) is 9.45. The number of benzene rings is 1. The Morgan fingerprint density at radius 2 is 1.80 bits per heavy atom. The van der Waals surface area contributed by atoms with Crippen molar-refractivity contribution in [3.8, 4) is 0 Å².